The number of nitrogens with zero attached hydrogens (tertiary/aromatic N) is 3. The molecule has 8 heteroatoms. The largest absolute Gasteiger partial charge is 0.378 e. The topological polar surface area (TPSA) is 91.4 Å². The molecule has 1 aromatic heterocycles. The van der Waals surface area contributed by atoms with Crippen LogP contribution >= 0.6 is 0 Å². The number of anilines is 4. The first kappa shape index (κ1) is 21.1. The number of hydrogen-bond donors (Lipinski definition) is 3. The van der Waals surface area contributed by atoms with Crippen LogP contribution in [0.3, 0.4) is 0 Å². The number of carbonyl (C=O) groups is 1. The summed E-state index contributed by atoms with van der Waals surface area (Å²) in [6.07, 6.45) is 5.56. The lowest BCUT2D eigenvalue weighted by molar-refractivity contribution is -0.116. The first-order chi connectivity index (χ1) is 16.2. The van der Waals surface area contributed by atoms with Crippen LogP contribution in [0.2, 0.25) is 0 Å². The van der Waals surface area contributed by atoms with Gasteiger partial charge < -0.3 is 20.3 Å². The van der Waals surface area contributed by atoms with Crippen LogP contribution in [-0.4, -0.2) is 54.8 Å². The van der Waals surface area contributed by atoms with Crippen molar-refractivity contribution in [3.8, 4) is 11.3 Å². The van der Waals surface area contributed by atoms with Crippen LogP contribution in [0.15, 0.2) is 72.9 Å². The van der Waals surface area contributed by atoms with Gasteiger partial charge in [0.25, 0.3) is 0 Å². The van der Waals surface area contributed by atoms with E-state index in [1.54, 1.807) is 6.20 Å². The average molecular weight is 443 g/mol. The first-order valence-electron chi connectivity index (χ1n) is 11.1. The zero-order valence-corrected chi connectivity index (χ0v) is 18.2. The van der Waals surface area contributed by atoms with Gasteiger partial charge in [-0.2, -0.15) is 0 Å². The summed E-state index contributed by atoms with van der Waals surface area (Å²) in [5.41, 5.74) is 4.61. The second-order valence-corrected chi connectivity index (χ2v) is 7.92. The molecular formula is C25H26N6O2. The molecule has 1 saturated heterocycles. The molecule has 1 unspecified atom stereocenters. The van der Waals surface area contributed by atoms with Crippen molar-refractivity contribution in [2.45, 2.75) is 6.04 Å². The normalized spacial score (nSPS) is 17.7. The molecule has 2 aliphatic heterocycles. The molecule has 3 heterocycles. The number of nitrogens with one attached hydrogen (secondary N) is 3. The van der Waals surface area contributed by atoms with Gasteiger partial charge in [0.2, 0.25) is 11.9 Å². The number of rotatable bonds is 6. The molecule has 0 spiro atoms. The maximum Gasteiger partial charge on any atom is 0.245 e. The highest BCUT2D eigenvalue weighted by Gasteiger charge is 2.17. The van der Waals surface area contributed by atoms with Crippen molar-refractivity contribution in [1.82, 2.24) is 15.3 Å². The molecule has 33 heavy (non-hydrogen) atoms. The molecule has 0 bridgehead atoms. The summed E-state index contributed by atoms with van der Waals surface area (Å²) < 4.78 is 5.42. The van der Waals surface area contributed by atoms with Crippen molar-refractivity contribution in [3.63, 3.8) is 0 Å². The Hall–Kier alpha value is -3.75. The van der Waals surface area contributed by atoms with Crippen LogP contribution in [0.25, 0.3) is 11.3 Å². The summed E-state index contributed by atoms with van der Waals surface area (Å²) in [5, 5.41) is 9.31. The first-order valence-corrected chi connectivity index (χ1v) is 11.1. The predicted octanol–water partition coefficient (Wildman–Crippen LogP) is 3.19. The second kappa shape index (κ2) is 9.81. The number of aromatic nitrogens is 2. The maximum absolute atomic E-state index is 12.2. The zero-order chi connectivity index (χ0) is 22.5. The molecule has 1 amide bonds. The minimum absolute atomic E-state index is 0.0651. The third-order valence-corrected chi connectivity index (χ3v) is 5.67. The molecule has 0 aliphatic carbocycles. The lowest BCUT2D eigenvalue weighted by Gasteiger charge is -2.28. The van der Waals surface area contributed by atoms with Gasteiger partial charge in [0.05, 0.1) is 18.9 Å². The zero-order valence-electron chi connectivity index (χ0n) is 18.2. The number of amides is 1. The van der Waals surface area contributed by atoms with E-state index >= 15 is 0 Å². The summed E-state index contributed by atoms with van der Waals surface area (Å²) >= 11 is 0. The van der Waals surface area contributed by atoms with E-state index < -0.39 is 0 Å². The number of morpholine rings is 1. The summed E-state index contributed by atoms with van der Waals surface area (Å²) in [4.78, 5) is 23.6. The lowest BCUT2D eigenvalue weighted by Crippen LogP contribution is -2.36. The fourth-order valence-corrected chi connectivity index (χ4v) is 3.88. The smallest absolute Gasteiger partial charge is 0.245 e. The van der Waals surface area contributed by atoms with E-state index in [1.165, 1.54) is 5.69 Å². The summed E-state index contributed by atoms with van der Waals surface area (Å²) in [6.45, 7) is 4.08. The maximum atomic E-state index is 12.2. The Bertz CT molecular complexity index is 1120. The lowest BCUT2D eigenvalue weighted by atomic mass is 10.1. The molecule has 1 fully saturated rings. The molecule has 2 aliphatic rings. The Kier molecular flexibility index (Phi) is 6.27. The van der Waals surface area contributed by atoms with Gasteiger partial charge >= 0.3 is 0 Å². The number of hydrogen-bond acceptors (Lipinski definition) is 7. The van der Waals surface area contributed by atoms with E-state index in [0.29, 0.717) is 5.95 Å². The minimum Gasteiger partial charge on any atom is -0.378 e. The quantitative estimate of drug-likeness (QED) is 0.505. The van der Waals surface area contributed by atoms with Gasteiger partial charge in [-0.1, -0.05) is 24.3 Å². The highest BCUT2D eigenvalue weighted by atomic mass is 16.5. The van der Waals surface area contributed by atoms with Crippen LogP contribution in [-0.2, 0) is 9.53 Å². The fraction of sp³-hybridized carbons (Fsp3) is 0.240. The molecule has 3 aromatic rings. The molecule has 3 N–H and O–H groups in total. The van der Waals surface area contributed by atoms with Crippen LogP contribution < -0.4 is 20.9 Å². The fourth-order valence-electron chi connectivity index (χ4n) is 3.88. The second-order valence-electron chi connectivity index (χ2n) is 7.92. The molecule has 8 nitrogen and oxygen atoms in total. The number of ether oxygens (including phenoxy) is 1. The third kappa shape index (κ3) is 5.19. The Labute approximate surface area is 192 Å². The molecular weight excluding hydrogens is 416 g/mol. The average Bonchev–Trinajstić information content (AvgIpc) is 3.41. The Morgan fingerprint density at radius 2 is 1.76 bits per heavy atom. The predicted molar refractivity (Wildman–Crippen MR) is 130 cm³/mol. The molecule has 5 rings (SSSR count). The van der Waals surface area contributed by atoms with E-state index in [9.17, 15) is 4.79 Å². The number of carbonyl (C=O) groups excluding carboxylic acids is 1. The highest BCUT2D eigenvalue weighted by Crippen LogP contribution is 2.23. The van der Waals surface area contributed by atoms with Gasteiger partial charge in [-0.3, -0.25) is 10.1 Å². The van der Waals surface area contributed by atoms with Crippen molar-refractivity contribution < 1.29 is 9.53 Å². The SMILES string of the molecule is O=C(Nc1ccc(-c2ccnc(Nc3ccc(N4CCOCC4)cc3)n2)cc1)C1C=CCN1. The van der Waals surface area contributed by atoms with Crippen LogP contribution in [0, 0.1) is 0 Å². The van der Waals surface area contributed by atoms with Crippen molar-refractivity contribution in [2.75, 3.05) is 48.4 Å². The van der Waals surface area contributed by atoms with Crippen LogP contribution in [0.1, 0.15) is 0 Å². The highest BCUT2D eigenvalue weighted by molar-refractivity contribution is 5.96. The Morgan fingerprint density at radius 1 is 1.00 bits per heavy atom. The van der Waals surface area contributed by atoms with Gasteiger partial charge in [0.1, 0.15) is 6.04 Å². The Morgan fingerprint density at radius 3 is 2.48 bits per heavy atom. The van der Waals surface area contributed by atoms with Crippen LogP contribution in [0.4, 0.5) is 23.0 Å². The molecule has 2 aromatic carbocycles. The van der Waals surface area contributed by atoms with Crippen molar-refractivity contribution in [1.29, 1.82) is 0 Å². The van der Waals surface area contributed by atoms with Crippen LogP contribution in [0.5, 0.6) is 0 Å². The minimum atomic E-state index is -0.275. The molecule has 0 radical (unpaired) electrons. The van der Waals surface area contributed by atoms with E-state index in [2.05, 4.69) is 43.0 Å². The molecule has 0 saturated carbocycles. The van der Waals surface area contributed by atoms with Gasteiger partial charge in [0.15, 0.2) is 0 Å². The van der Waals surface area contributed by atoms with Gasteiger partial charge in [0, 0.05) is 48.5 Å². The molecule has 1 atom stereocenters. The van der Waals surface area contributed by atoms with Gasteiger partial charge in [-0.25, -0.2) is 9.97 Å². The summed E-state index contributed by atoms with van der Waals surface area (Å²) in [7, 11) is 0. The Balaban J connectivity index is 1.23. The van der Waals surface area contributed by atoms with Crippen molar-refractivity contribution in [2.24, 2.45) is 0 Å². The summed E-state index contributed by atoms with van der Waals surface area (Å²) in [6, 6.07) is 17.5. The standard InChI is InChI=1S/C25H26N6O2/c32-24(23-2-1-12-26-23)28-19-5-3-18(4-6-19)22-11-13-27-25(30-22)29-20-7-9-21(10-8-20)31-14-16-33-17-15-31/h1-11,13,23,26H,12,14-17H2,(H,28,32)(H,27,29,30). The van der Waals surface area contributed by atoms with Gasteiger partial charge in [-0.05, 0) is 42.5 Å². The van der Waals surface area contributed by atoms with E-state index in [4.69, 9.17) is 4.74 Å². The number of benzene rings is 2. The van der Waals surface area contributed by atoms with E-state index in [-0.39, 0.29) is 11.9 Å². The van der Waals surface area contributed by atoms with Gasteiger partial charge in [-0.15, -0.1) is 0 Å². The van der Waals surface area contributed by atoms with E-state index in [1.807, 2.05) is 54.6 Å². The monoisotopic (exact) mass is 442 g/mol. The molecule has 168 valence electrons. The summed E-state index contributed by atoms with van der Waals surface area (Å²) in [5.74, 6) is 0.466. The third-order valence-electron chi connectivity index (χ3n) is 5.67. The van der Waals surface area contributed by atoms with E-state index in [0.717, 1.165) is 55.5 Å². The van der Waals surface area contributed by atoms with Crippen molar-refractivity contribution >= 4 is 28.9 Å². The van der Waals surface area contributed by atoms with Crippen molar-refractivity contribution in [3.05, 3.63) is 72.9 Å².